The lowest BCUT2D eigenvalue weighted by Gasteiger charge is -2.19. The molecule has 0 spiro atoms. The van der Waals surface area contributed by atoms with E-state index in [1.165, 1.54) is 36.5 Å². The van der Waals surface area contributed by atoms with Crippen molar-refractivity contribution in [1.29, 1.82) is 0 Å². The molecule has 0 saturated carbocycles. The molecule has 0 bridgehead atoms. The van der Waals surface area contributed by atoms with Crippen molar-refractivity contribution in [1.82, 2.24) is 15.0 Å². The molecule has 1 aromatic heterocycles. The molecule has 0 aliphatic heterocycles. The molecule has 13 nitrogen and oxygen atoms in total. The Hall–Kier alpha value is -4.34. The molecule has 3 rings (SSSR count). The van der Waals surface area contributed by atoms with Gasteiger partial charge >= 0.3 is 12.1 Å². The Labute approximate surface area is 253 Å². The molecule has 0 aliphatic rings. The lowest BCUT2D eigenvalue weighted by atomic mass is 10.0. The van der Waals surface area contributed by atoms with E-state index in [-0.39, 0.29) is 35.8 Å². The van der Waals surface area contributed by atoms with E-state index in [9.17, 15) is 22.8 Å². The van der Waals surface area contributed by atoms with Gasteiger partial charge in [0.15, 0.2) is 5.84 Å². The SMILES string of the molecule is CC(=O)ON=C(N)c1cccc(CC(NS(=O)(=O)c2cccc(NC(=O)CCNC(=O)OC(C)(C)C)c2)c2nccs2)c1. The maximum Gasteiger partial charge on any atom is 0.407 e. The number of benzene rings is 2. The fraction of sp³-hybridized carbons (Fsp3) is 0.321. The molecule has 0 fully saturated rings. The first-order valence-corrected chi connectivity index (χ1v) is 15.5. The van der Waals surface area contributed by atoms with Crippen LogP contribution < -0.4 is 21.1 Å². The number of anilines is 1. The second-order valence-corrected chi connectivity index (χ2v) is 12.9. The van der Waals surface area contributed by atoms with E-state index in [4.69, 9.17) is 10.5 Å². The van der Waals surface area contributed by atoms with E-state index in [0.717, 1.165) is 5.56 Å². The van der Waals surface area contributed by atoms with Gasteiger partial charge in [-0.15, -0.1) is 11.3 Å². The molecule has 1 heterocycles. The van der Waals surface area contributed by atoms with Gasteiger partial charge in [0.1, 0.15) is 10.6 Å². The van der Waals surface area contributed by atoms with Gasteiger partial charge in [0, 0.05) is 42.7 Å². The number of nitrogens with zero attached hydrogens (tertiary/aromatic N) is 2. The van der Waals surface area contributed by atoms with Crippen LogP contribution in [0.1, 0.15) is 56.3 Å². The van der Waals surface area contributed by atoms with Gasteiger partial charge in [-0.25, -0.2) is 27.7 Å². The Kier molecular flexibility index (Phi) is 11.3. The first-order chi connectivity index (χ1) is 20.2. The van der Waals surface area contributed by atoms with E-state index < -0.39 is 39.6 Å². The van der Waals surface area contributed by atoms with Crippen LogP contribution in [0, 0.1) is 0 Å². The zero-order valence-electron chi connectivity index (χ0n) is 24.1. The minimum atomic E-state index is -4.07. The van der Waals surface area contributed by atoms with Crippen molar-refractivity contribution < 1.29 is 32.4 Å². The summed E-state index contributed by atoms with van der Waals surface area (Å²) in [5.41, 5.74) is 6.74. The van der Waals surface area contributed by atoms with Crippen molar-refractivity contribution in [3.8, 4) is 0 Å². The maximum absolute atomic E-state index is 13.5. The standard InChI is InChI=1S/C28H34N6O7S2/c1-18(35)41-33-25(29)20-8-5-7-19(15-20)16-23(26-30-13-14-42-26)34-43(38,39)22-10-6-9-21(17-22)32-24(36)11-12-31-27(37)40-28(2,3)4/h5-10,13-15,17,23,34H,11-12,16H2,1-4H3,(H2,29,33)(H,31,37)(H,32,36). The van der Waals surface area contributed by atoms with Gasteiger partial charge in [-0.05, 0) is 57.0 Å². The monoisotopic (exact) mass is 630 g/mol. The molecule has 230 valence electrons. The molecule has 2 aromatic carbocycles. The molecule has 0 radical (unpaired) electrons. The Morgan fingerprint density at radius 1 is 1.12 bits per heavy atom. The van der Waals surface area contributed by atoms with Gasteiger partial charge in [0.25, 0.3) is 0 Å². The van der Waals surface area contributed by atoms with E-state index in [1.54, 1.807) is 62.7 Å². The number of rotatable bonds is 12. The van der Waals surface area contributed by atoms with Gasteiger partial charge in [0.05, 0.1) is 10.9 Å². The smallest absolute Gasteiger partial charge is 0.407 e. The molecule has 1 atom stereocenters. The highest BCUT2D eigenvalue weighted by molar-refractivity contribution is 7.89. The third-order valence-corrected chi connectivity index (χ3v) is 7.79. The van der Waals surface area contributed by atoms with E-state index in [0.29, 0.717) is 10.6 Å². The molecular formula is C28H34N6O7S2. The van der Waals surface area contributed by atoms with Crippen LogP contribution in [0.15, 0.2) is 70.2 Å². The van der Waals surface area contributed by atoms with Gasteiger partial charge in [0.2, 0.25) is 15.9 Å². The summed E-state index contributed by atoms with van der Waals surface area (Å²) in [7, 11) is -4.07. The highest BCUT2D eigenvalue weighted by Gasteiger charge is 2.24. The van der Waals surface area contributed by atoms with Crippen LogP contribution in [-0.2, 0) is 35.6 Å². The number of hydrogen-bond acceptors (Lipinski definition) is 10. The summed E-state index contributed by atoms with van der Waals surface area (Å²) in [6, 6.07) is 12.0. The summed E-state index contributed by atoms with van der Waals surface area (Å²) < 4.78 is 34.8. The number of nitrogens with two attached hydrogens (primary N) is 1. The van der Waals surface area contributed by atoms with Crippen LogP contribution in [0.3, 0.4) is 0 Å². The number of amidine groups is 1. The summed E-state index contributed by atoms with van der Waals surface area (Å²) in [5, 5.41) is 11.0. The number of carbonyl (C=O) groups is 3. The number of sulfonamides is 1. The molecule has 15 heteroatoms. The van der Waals surface area contributed by atoms with E-state index in [1.807, 2.05) is 0 Å². The van der Waals surface area contributed by atoms with Crippen molar-refractivity contribution in [3.63, 3.8) is 0 Å². The summed E-state index contributed by atoms with van der Waals surface area (Å²) in [6.07, 6.45) is 1.12. The Balaban J connectivity index is 1.70. The quantitative estimate of drug-likeness (QED) is 0.100. The fourth-order valence-electron chi connectivity index (χ4n) is 3.66. The van der Waals surface area contributed by atoms with Crippen molar-refractivity contribution >= 4 is 50.9 Å². The highest BCUT2D eigenvalue weighted by Crippen LogP contribution is 2.25. The summed E-state index contributed by atoms with van der Waals surface area (Å²) in [6.45, 7) is 6.43. The number of carbonyl (C=O) groups excluding carboxylic acids is 3. The average Bonchev–Trinajstić information content (AvgIpc) is 3.46. The minimum absolute atomic E-state index is 0.0112. The molecule has 3 aromatic rings. The van der Waals surface area contributed by atoms with Crippen molar-refractivity contribution in [2.45, 2.75) is 57.1 Å². The minimum Gasteiger partial charge on any atom is -0.444 e. The number of oxime groups is 1. The molecule has 0 saturated heterocycles. The lowest BCUT2D eigenvalue weighted by Crippen LogP contribution is -2.34. The number of thiazole rings is 1. The predicted octanol–water partition coefficient (Wildman–Crippen LogP) is 3.44. The van der Waals surface area contributed by atoms with Crippen molar-refractivity contribution in [3.05, 3.63) is 76.2 Å². The van der Waals surface area contributed by atoms with E-state index >= 15 is 0 Å². The van der Waals surface area contributed by atoms with Gasteiger partial charge in [-0.3, -0.25) is 4.79 Å². The van der Waals surface area contributed by atoms with Crippen LogP contribution in [0.4, 0.5) is 10.5 Å². The highest BCUT2D eigenvalue weighted by atomic mass is 32.2. The normalized spacial score (nSPS) is 12.7. The second kappa shape index (κ2) is 14.7. The first-order valence-electron chi connectivity index (χ1n) is 13.1. The maximum atomic E-state index is 13.5. The number of alkyl carbamates (subject to hydrolysis) is 1. The third kappa shape index (κ3) is 11.1. The molecule has 0 aliphatic carbocycles. The van der Waals surface area contributed by atoms with Crippen molar-refractivity contribution in [2.24, 2.45) is 10.9 Å². The topological polar surface area (TPSA) is 191 Å². The Morgan fingerprint density at radius 2 is 1.86 bits per heavy atom. The van der Waals surface area contributed by atoms with Gasteiger partial charge in [-0.1, -0.05) is 29.4 Å². The summed E-state index contributed by atoms with van der Waals surface area (Å²) in [5.74, 6) is -1.05. The van der Waals surface area contributed by atoms with Crippen molar-refractivity contribution in [2.75, 3.05) is 11.9 Å². The van der Waals surface area contributed by atoms with Crippen LogP contribution in [0.5, 0.6) is 0 Å². The van der Waals surface area contributed by atoms with Crippen LogP contribution in [-0.4, -0.2) is 49.4 Å². The van der Waals surface area contributed by atoms with Crippen LogP contribution in [0.25, 0.3) is 0 Å². The third-order valence-electron chi connectivity index (χ3n) is 5.43. The number of aromatic nitrogens is 1. The fourth-order valence-corrected chi connectivity index (χ4v) is 5.67. The molecule has 5 N–H and O–H groups in total. The van der Waals surface area contributed by atoms with Crippen LogP contribution >= 0.6 is 11.3 Å². The predicted molar refractivity (Wildman–Crippen MR) is 162 cm³/mol. The Bertz CT molecular complexity index is 1570. The second-order valence-electron chi connectivity index (χ2n) is 10.3. The largest absolute Gasteiger partial charge is 0.444 e. The first kappa shape index (κ1) is 33.2. The zero-order valence-corrected chi connectivity index (χ0v) is 25.8. The number of nitrogens with one attached hydrogen (secondary N) is 3. The molecule has 1 unspecified atom stereocenters. The average molecular weight is 631 g/mol. The van der Waals surface area contributed by atoms with Gasteiger partial charge < -0.3 is 25.9 Å². The summed E-state index contributed by atoms with van der Waals surface area (Å²) in [4.78, 5) is 44.1. The zero-order chi connectivity index (χ0) is 31.6. The molecule has 2 amide bonds. The van der Waals surface area contributed by atoms with E-state index in [2.05, 4.69) is 30.3 Å². The van der Waals surface area contributed by atoms with Gasteiger partial charge in [-0.2, -0.15) is 0 Å². The molecular weight excluding hydrogens is 596 g/mol. The number of amides is 2. The number of ether oxygens (including phenoxy) is 1. The van der Waals surface area contributed by atoms with Crippen LogP contribution in [0.2, 0.25) is 0 Å². The lowest BCUT2D eigenvalue weighted by molar-refractivity contribution is -0.140. The number of hydrogen-bond donors (Lipinski definition) is 4. The molecule has 43 heavy (non-hydrogen) atoms. The summed E-state index contributed by atoms with van der Waals surface area (Å²) >= 11 is 1.29. The Morgan fingerprint density at radius 3 is 2.53 bits per heavy atom.